The van der Waals surface area contributed by atoms with E-state index in [1.54, 1.807) is 0 Å². The van der Waals surface area contributed by atoms with E-state index < -0.39 is 6.04 Å². The number of methoxy groups -OCH3 is 1. The van der Waals surface area contributed by atoms with Crippen LogP contribution in [0.25, 0.3) is 0 Å². The van der Waals surface area contributed by atoms with Gasteiger partial charge in [-0.15, -0.1) is 0 Å². The molecular weight excluding hydrogens is 184 g/mol. The summed E-state index contributed by atoms with van der Waals surface area (Å²) in [5, 5.41) is 2.75. The topological polar surface area (TPSA) is 58.6 Å². The summed E-state index contributed by atoms with van der Waals surface area (Å²) in [6, 6.07) is -0.145. The SMILES string of the molecule is COC(=O)CC1C(=O)NCC(C)N1C. The number of carbonyl (C=O) groups excluding carboxylic acids is 2. The highest BCUT2D eigenvalue weighted by Crippen LogP contribution is 2.11. The summed E-state index contributed by atoms with van der Waals surface area (Å²) in [4.78, 5) is 24.4. The van der Waals surface area contributed by atoms with Gasteiger partial charge in [0.1, 0.15) is 0 Å². The van der Waals surface area contributed by atoms with Gasteiger partial charge < -0.3 is 10.1 Å². The van der Waals surface area contributed by atoms with E-state index in [4.69, 9.17) is 0 Å². The molecule has 1 aliphatic heterocycles. The molecule has 2 atom stereocenters. The van der Waals surface area contributed by atoms with Gasteiger partial charge in [-0.1, -0.05) is 0 Å². The van der Waals surface area contributed by atoms with Crippen LogP contribution in [0.15, 0.2) is 0 Å². The van der Waals surface area contributed by atoms with Gasteiger partial charge in [0, 0.05) is 12.6 Å². The Morgan fingerprint density at radius 2 is 2.36 bits per heavy atom. The van der Waals surface area contributed by atoms with Gasteiger partial charge in [-0.05, 0) is 14.0 Å². The van der Waals surface area contributed by atoms with Crippen LogP contribution in [0, 0.1) is 0 Å². The molecule has 0 aromatic heterocycles. The van der Waals surface area contributed by atoms with Crippen molar-refractivity contribution in [1.29, 1.82) is 0 Å². The lowest BCUT2D eigenvalue weighted by Crippen LogP contribution is -2.58. The summed E-state index contributed by atoms with van der Waals surface area (Å²) >= 11 is 0. The number of carbonyl (C=O) groups is 2. The van der Waals surface area contributed by atoms with Crippen LogP contribution >= 0.6 is 0 Å². The van der Waals surface area contributed by atoms with E-state index >= 15 is 0 Å². The second-order valence-electron chi connectivity index (χ2n) is 3.56. The Morgan fingerprint density at radius 3 is 2.93 bits per heavy atom. The molecule has 0 saturated carbocycles. The second kappa shape index (κ2) is 4.41. The van der Waals surface area contributed by atoms with E-state index in [0.29, 0.717) is 6.54 Å². The molecule has 0 bridgehead atoms. The summed E-state index contributed by atoms with van der Waals surface area (Å²) in [5.74, 6) is -0.456. The van der Waals surface area contributed by atoms with Crippen molar-refractivity contribution in [2.75, 3.05) is 20.7 Å². The van der Waals surface area contributed by atoms with Crippen molar-refractivity contribution in [2.45, 2.75) is 25.4 Å². The molecule has 80 valence electrons. The number of amides is 1. The molecule has 1 heterocycles. The third-order valence-electron chi connectivity index (χ3n) is 2.65. The van der Waals surface area contributed by atoms with Gasteiger partial charge >= 0.3 is 5.97 Å². The number of likely N-dealkylation sites (N-methyl/N-ethyl adjacent to an activating group) is 1. The normalized spacial score (nSPS) is 28.4. The van der Waals surface area contributed by atoms with Crippen LogP contribution in [0.3, 0.4) is 0 Å². The summed E-state index contributed by atoms with van der Waals surface area (Å²) in [7, 11) is 3.17. The zero-order valence-electron chi connectivity index (χ0n) is 8.74. The van der Waals surface area contributed by atoms with Crippen LogP contribution in [0.5, 0.6) is 0 Å². The Labute approximate surface area is 83.4 Å². The van der Waals surface area contributed by atoms with Gasteiger partial charge in [0.25, 0.3) is 0 Å². The Hall–Kier alpha value is -1.10. The maximum absolute atomic E-state index is 11.4. The van der Waals surface area contributed by atoms with Crippen LogP contribution in [0.2, 0.25) is 0 Å². The van der Waals surface area contributed by atoms with Crippen LogP contribution in [-0.4, -0.2) is 49.6 Å². The molecule has 1 rings (SSSR count). The van der Waals surface area contributed by atoms with Gasteiger partial charge in [-0.2, -0.15) is 0 Å². The summed E-state index contributed by atoms with van der Waals surface area (Å²) in [6.07, 6.45) is 0.114. The van der Waals surface area contributed by atoms with Gasteiger partial charge in [0.2, 0.25) is 5.91 Å². The molecule has 0 spiro atoms. The maximum Gasteiger partial charge on any atom is 0.307 e. The first-order chi connectivity index (χ1) is 6.56. The average molecular weight is 200 g/mol. The van der Waals surface area contributed by atoms with E-state index in [9.17, 15) is 9.59 Å². The number of hydrogen-bond donors (Lipinski definition) is 1. The van der Waals surface area contributed by atoms with Crippen molar-refractivity contribution < 1.29 is 14.3 Å². The molecule has 14 heavy (non-hydrogen) atoms. The standard InChI is InChI=1S/C9H16N2O3/c1-6-5-10-9(13)7(11(6)2)4-8(12)14-3/h6-7H,4-5H2,1-3H3,(H,10,13). The van der Waals surface area contributed by atoms with Crippen LogP contribution < -0.4 is 5.32 Å². The van der Waals surface area contributed by atoms with Crippen LogP contribution in [-0.2, 0) is 14.3 Å². The van der Waals surface area contributed by atoms with E-state index in [1.807, 2.05) is 18.9 Å². The molecule has 1 saturated heterocycles. The summed E-state index contributed by atoms with van der Waals surface area (Å²) < 4.78 is 4.54. The van der Waals surface area contributed by atoms with Gasteiger partial charge in [-0.3, -0.25) is 14.5 Å². The van der Waals surface area contributed by atoms with E-state index in [0.717, 1.165) is 0 Å². The molecule has 1 amide bonds. The molecule has 5 heteroatoms. The Bertz CT molecular complexity index is 242. The van der Waals surface area contributed by atoms with Crippen molar-refractivity contribution in [3.63, 3.8) is 0 Å². The smallest absolute Gasteiger partial charge is 0.307 e. The molecule has 0 aliphatic carbocycles. The zero-order chi connectivity index (χ0) is 10.7. The lowest BCUT2D eigenvalue weighted by atomic mass is 10.1. The Morgan fingerprint density at radius 1 is 1.71 bits per heavy atom. The molecule has 5 nitrogen and oxygen atoms in total. The average Bonchev–Trinajstić information content (AvgIpc) is 2.18. The zero-order valence-corrected chi connectivity index (χ0v) is 8.74. The first-order valence-corrected chi connectivity index (χ1v) is 4.62. The third-order valence-corrected chi connectivity index (χ3v) is 2.65. The first kappa shape index (κ1) is 11.0. The monoisotopic (exact) mass is 200 g/mol. The fourth-order valence-electron chi connectivity index (χ4n) is 1.48. The minimum absolute atomic E-state index is 0.101. The van der Waals surface area contributed by atoms with Crippen LogP contribution in [0.1, 0.15) is 13.3 Å². The van der Waals surface area contributed by atoms with Crippen molar-refractivity contribution in [3.05, 3.63) is 0 Å². The minimum atomic E-state index is -0.397. The fraction of sp³-hybridized carbons (Fsp3) is 0.778. The largest absolute Gasteiger partial charge is 0.469 e. The third kappa shape index (κ3) is 2.23. The predicted octanol–water partition coefficient (Wildman–Crippen LogP) is -0.632. The van der Waals surface area contributed by atoms with Gasteiger partial charge in [0.05, 0.1) is 19.6 Å². The Balaban J connectivity index is 2.63. The molecule has 1 aliphatic rings. The lowest BCUT2D eigenvalue weighted by Gasteiger charge is -2.36. The summed E-state index contributed by atoms with van der Waals surface area (Å²) in [5.41, 5.74) is 0. The number of ether oxygens (including phenoxy) is 1. The summed E-state index contributed by atoms with van der Waals surface area (Å²) in [6.45, 7) is 2.64. The van der Waals surface area contributed by atoms with E-state index in [1.165, 1.54) is 7.11 Å². The number of esters is 1. The predicted molar refractivity (Wildman–Crippen MR) is 50.7 cm³/mol. The lowest BCUT2D eigenvalue weighted by molar-refractivity contribution is -0.146. The first-order valence-electron chi connectivity index (χ1n) is 4.62. The number of piperazine rings is 1. The van der Waals surface area contributed by atoms with Crippen molar-refractivity contribution in [2.24, 2.45) is 0 Å². The molecule has 1 fully saturated rings. The highest BCUT2D eigenvalue weighted by molar-refractivity contribution is 5.87. The minimum Gasteiger partial charge on any atom is -0.469 e. The fourth-order valence-corrected chi connectivity index (χ4v) is 1.48. The highest BCUT2D eigenvalue weighted by Gasteiger charge is 2.33. The number of hydrogen-bond acceptors (Lipinski definition) is 4. The quantitative estimate of drug-likeness (QED) is 0.603. The van der Waals surface area contributed by atoms with Crippen molar-refractivity contribution in [1.82, 2.24) is 10.2 Å². The molecule has 2 unspecified atom stereocenters. The van der Waals surface area contributed by atoms with Gasteiger partial charge in [0.15, 0.2) is 0 Å². The highest BCUT2D eigenvalue weighted by atomic mass is 16.5. The van der Waals surface area contributed by atoms with E-state index in [2.05, 4.69) is 10.1 Å². The number of nitrogens with one attached hydrogen (secondary N) is 1. The molecule has 0 radical (unpaired) electrons. The second-order valence-corrected chi connectivity index (χ2v) is 3.56. The molecule has 0 aromatic rings. The maximum atomic E-state index is 11.4. The van der Waals surface area contributed by atoms with Gasteiger partial charge in [-0.25, -0.2) is 0 Å². The van der Waals surface area contributed by atoms with Crippen molar-refractivity contribution >= 4 is 11.9 Å². The number of nitrogens with zero attached hydrogens (tertiary/aromatic N) is 1. The van der Waals surface area contributed by atoms with Crippen molar-refractivity contribution in [3.8, 4) is 0 Å². The molecule has 1 N–H and O–H groups in total. The van der Waals surface area contributed by atoms with Crippen LogP contribution in [0.4, 0.5) is 0 Å². The van der Waals surface area contributed by atoms with E-state index in [-0.39, 0.29) is 24.3 Å². The molecule has 0 aromatic carbocycles. The number of rotatable bonds is 2. The molecular formula is C9H16N2O3. The Kier molecular flexibility index (Phi) is 3.46.